The van der Waals surface area contributed by atoms with E-state index >= 15 is 0 Å². The predicted octanol–water partition coefficient (Wildman–Crippen LogP) is 2.15. The van der Waals surface area contributed by atoms with E-state index in [1.807, 2.05) is 18.2 Å². The van der Waals surface area contributed by atoms with Crippen molar-refractivity contribution in [3.63, 3.8) is 0 Å². The Bertz CT molecular complexity index is 955. The van der Waals surface area contributed by atoms with Gasteiger partial charge in [-0.1, -0.05) is 12.1 Å². The molecule has 5 heteroatoms. The van der Waals surface area contributed by atoms with Gasteiger partial charge in [0.2, 0.25) is 0 Å². The van der Waals surface area contributed by atoms with Crippen LogP contribution in [0.3, 0.4) is 0 Å². The van der Waals surface area contributed by atoms with Crippen LogP contribution in [0.25, 0.3) is 21.8 Å². The van der Waals surface area contributed by atoms with Crippen LogP contribution >= 0.6 is 0 Å². The minimum atomic E-state index is -0.0239. The molecule has 0 bridgehead atoms. The molecule has 1 amide bonds. The Balaban J connectivity index is 1.82. The minimum Gasteiger partial charge on any atom is -0.378 e. The molecule has 23 heavy (non-hydrogen) atoms. The van der Waals surface area contributed by atoms with E-state index in [9.17, 15) is 9.59 Å². The zero-order valence-electron chi connectivity index (χ0n) is 12.5. The van der Waals surface area contributed by atoms with Crippen molar-refractivity contribution in [2.75, 3.05) is 26.3 Å². The van der Waals surface area contributed by atoms with Gasteiger partial charge in [0.15, 0.2) is 5.43 Å². The van der Waals surface area contributed by atoms with E-state index in [0.717, 1.165) is 5.52 Å². The number of benzene rings is 2. The Morgan fingerprint density at radius 1 is 1.00 bits per heavy atom. The highest BCUT2D eigenvalue weighted by atomic mass is 16.5. The number of nitrogens with one attached hydrogen (secondary N) is 1. The van der Waals surface area contributed by atoms with Gasteiger partial charge in [0.1, 0.15) is 0 Å². The van der Waals surface area contributed by atoms with Crippen LogP contribution in [0.15, 0.2) is 47.3 Å². The lowest BCUT2D eigenvalue weighted by Gasteiger charge is -2.26. The second kappa shape index (κ2) is 5.52. The number of H-pyrrole nitrogens is 1. The SMILES string of the molecule is O=C(c1ccc2c(=O)c3ccccc3[nH]c2c1)N1CCOCC1. The van der Waals surface area contributed by atoms with Gasteiger partial charge in [0, 0.05) is 34.9 Å². The lowest BCUT2D eigenvalue weighted by Crippen LogP contribution is -2.40. The summed E-state index contributed by atoms with van der Waals surface area (Å²) in [7, 11) is 0. The highest BCUT2D eigenvalue weighted by molar-refractivity contribution is 6.00. The number of fused-ring (bicyclic) bond motifs is 2. The molecule has 0 saturated carbocycles. The Labute approximate surface area is 132 Å². The molecule has 1 fully saturated rings. The van der Waals surface area contributed by atoms with E-state index in [-0.39, 0.29) is 11.3 Å². The van der Waals surface area contributed by atoms with Crippen molar-refractivity contribution in [1.29, 1.82) is 0 Å². The predicted molar refractivity (Wildman–Crippen MR) is 88.8 cm³/mol. The van der Waals surface area contributed by atoms with Gasteiger partial charge in [0.25, 0.3) is 5.91 Å². The number of ether oxygens (including phenoxy) is 1. The standard InChI is InChI=1S/C18H16N2O3/c21-17-13-3-1-2-4-15(13)19-16-11-12(5-6-14(16)17)18(22)20-7-9-23-10-8-20/h1-6,11H,7-10H2,(H,19,21). The van der Waals surface area contributed by atoms with Gasteiger partial charge in [-0.2, -0.15) is 0 Å². The highest BCUT2D eigenvalue weighted by Crippen LogP contribution is 2.17. The van der Waals surface area contributed by atoms with Gasteiger partial charge in [-0.3, -0.25) is 9.59 Å². The number of amides is 1. The van der Waals surface area contributed by atoms with Crippen molar-refractivity contribution in [3.05, 3.63) is 58.3 Å². The summed E-state index contributed by atoms with van der Waals surface area (Å²) >= 11 is 0. The van der Waals surface area contributed by atoms with Crippen molar-refractivity contribution in [2.45, 2.75) is 0 Å². The largest absolute Gasteiger partial charge is 0.378 e. The van der Waals surface area contributed by atoms with Gasteiger partial charge in [0.05, 0.1) is 18.7 Å². The maximum atomic E-state index is 12.6. The van der Waals surface area contributed by atoms with Gasteiger partial charge in [-0.05, 0) is 30.3 Å². The Morgan fingerprint density at radius 3 is 2.57 bits per heavy atom. The first-order valence-electron chi connectivity index (χ1n) is 7.66. The van der Waals surface area contributed by atoms with Crippen LogP contribution in [0.2, 0.25) is 0 Å². The Kier molecular flexibility index (Phi) is 3.35. The van der Waals surface area contributed by atoms with Crippen LogP contribution < -0.4 is 5.43 Å². The minimum absolute atomic E-state index is 0.0141. The van der Waals surface area contributed by atoms with Crippen LogP contribution in [0.4, 0.5) is 0 Å². The van der Waals surface area contributed by atoms with Crippen molar-refractivity contribution in [2.24, 2.45) is 0 Å². The van der Waals surface area contributed by atoms with E-state index in [0.29, 0.717) is 48.2 Å². The summed E-state index contributed by atoms with van der Waals surface area (Å²) in [5, 5.41) is 1.26. The van der Waals surface area contributed by atoms with Crippen LogP contribution in [0.5, 0.6) is 0 Å². The van der Waals surface area contributed by atoms with Crippen molar-refractivity contribution >= 4 is 27.7 Å². The third-order valence-corrected chi connectivity index (χ3v) is 4.25. The third kappa shape index (κ3) is 2.39. The number of morpholine rings is 1. The number of pyridine rings is 1. The van der Waals surface area contributed by atoms with Crippen molar-refractivity contribution in [1.82, 2.24) is 9.88 Å². The topological polar surface area (TPSA) is 62.4 Å². The molecular formula is C18H16N2O3. The molecule has 0 atom stereocenters. The van der Waals surface area contributed by atoms with E-state index in [1.165, 1.54) is 0 Å². The van der Waals surface area contributed by atoms with E-state index in [1.54, 1.807) is 29.2 Å². The van der Waals surface area contributed by atoms with Gasteiger partial charge < -0.3 is 14.6 Å². The number of hydrogen-bond acceptors (Lipinski definition) is 3. The number of carbonyl (C=O) groups is 1. The molecule has 1 aromatic heterocycles. The number of aromatic nitrogens is 1. The summed E-state index contributed by atoms with van der Waals surface area (Å²) in [6.45, 7) is 2.35. The molecule has 2 heterocycles. The summed E-state index contributed by atoms with van der Waals surface area (Å²) in [6.07, 6.45) is 0. The molecule has 1 aliphatic heterocycles. The molecule has 1 N–H and O–H groups in total. The quantitative estimate of drug-likeness (QED) is 0.701. The molecule has 3 aromatic rings. The third-order valence-electron chi connectivity index (χ3n) is 4.25. The lowest BCUT2D eigenvalue weighted by molar-refractivity contribution is 0.0303. The molecule has 0 unspecified atom stereocenters. The van der Waals surface area contributed by atoms with Crippen LogP contribution in [0.1, 0.15) is 10.4 Å². The first-order valence-corrected chi connectivity index (χ1v) is 7.66. The van der Waals surface area contributed by atoms with Crippen LogP contribution in [-0.4, -0.2) is 42.1 Å². The smallest absolute Gasteiger partial charge is 0.254 e. The fourth-order valence-electron chi connectivity index (χ4n) is 3.01. The van der Waals surface area contributed by atoms with Crippen molar-refractivity contribution in [3.8, 4) is 0 Å². The summed E-state index contributed by atoms with van der Waals surface area (Å²) in [5.74, 6) is -0.0239. The zero-order valence-corrected chi connectivity index (χ0v) is 12.5. The Morgan fingerprint density at radius 2 is 1.74 bits per heavy atom. The van der Waals surface area contributed by atoms with E-state index in [4.69, 9.17) is 4.74 Å². The lowest BCUT2D eigenvalue weighted by atomic mass is 10.1. The molecule has 5 nitrogen and oxygen atoms in total. The van der Waals surface area contributed by atoms with Crippen molar-refractivity contribution < 1.29 is 9.53 Å². The van der Waals surface area contributed by atoms with Gasteiger partial charge in [-0.25, -0.2) is 0 Å². The van der Waals surface area contributed by atoms with Gasteiger partial charge in [-0.15, -0.1) is 0 Å². The molecule has 0 aliphatic carbocycles. The number of hydrogen-bond donors (Lipinski definition) is 1. The molecule has 1 aliphatic rings. The van der Waals surface area contributed by atoms with Crippen LogP contribution in [0, 0.1) is 0 Å². The Hall–Kier alpha value is -2.66. The van der Waals surface area contributed by atoms with Gasteiger partial charge >= 0.3 is 0 Å². The summed E-state index contributed by atoms with van der Waals surface area (Å²) in [6, 6.07) is 12.6. The molecule has 2 aromatic carbocycles. The maximum absolute atomic E-state index is 12.6. The number of nitrogens with zero attached hydrogens (tertiary/aromatic N) is 1. The van der Waals surface area contributed by atoms with E-state index in [2.05, 4.69) is 4.98 Å². The first kappa shape index (κ1) is 14.0. The zero-order chi connectivity index (χ0) is 15.8. The normalized spacial score (nSPS) is 15.2. The highest BCUT2D eigenvalue weighted by Gasteiger charge is 2.19. The average molecular weight is 308 g/mol. The first-order chi connectivity index (χ1) is 11.2. The molecule has 116 valence electrons. The number of para-hydroxylation sites is 1. The summed E-state index contributed by atoms with van der Waals surface area (Å²) < 4.78 is 5.28. The molecule has 1 saturated heterocycles. The second-order valence-electron chi connectivity index (χ2n) is 5.66. The number of carbonyl (C=O) groups excluding carboxylic acids is 1. The molecule has 0 radical (unpaired) electrons. The number of rotatable bonds is 1. The maximum Gasteiger partial charge on any atom is 0.254 e. The summed E-state index contributed by atoms with van der Waals surface area (Å²) in [4.78, 5) is 30.1. The second-order valence-corrected chi connectivity index (χ2v) is 5.66. The fraction of sp³-hybridized carbons (Fsp3) is 0.222. The number of aromatic amines is 1. The fourth-order valence-corrected chi connectivity index (χ4v) is 3.01. The summed E-state index contributed by atoms with van der Waals surface area (Å²) in [5.41, 5.74) is 2.04. The molecule has 0 spiro atoms. The van der Waals surface area contributed by atoms with E-state index < -0.39 is 0 Å². The average Bonchev–Trinajstić information content (AvgIpc) is 2.61. The monoisotopic (exact) mass is 308 g/mol. The molecule has 4 rings (SSSR count). The molecular weight excluding hydrogens is 292 g/mol. The van der Waals surface area contributed by atoms with Crippen LogP contribution in [-0.2, 0) is 4.74 Å².